The molecule has 0 bridgehead atoms. The Balaban J connectivity index is 1.80. The molecule has 2 rings (SSSR count). The van der Waals surface area contributed by atoms with Crippen molar-refractivity contribution in [2.45, 2.75) is 12.7 Å². The van der Waals surface area contributed by atoms with Gasteiger partial charge in [-0.25, -0.2) is 9.18 Å². The number of carbonyl (C=O) groups excluding carboxylic acids is 1. The second kappa shape index (κ2) is 7.77. The molecule has 0 radical (unpaired) electrons. The van der Waals surface area contributed by atoms with Gasteiger partial charge in [-0.05, 0) is 29.3 Å². The highest BCUT2D eigenvalue weighted by molar-refractivity contribution is 6.30. The van der Waals surface area contributed by atoms with Gasteiger partial charge in [-0.15, -0.1) is 0 Å². The van der Waals surface area contributed by atoms with Crippen LogP contribution in [0, 0.1) is 5.82 Å². The van der Waals surface area contributed by atoms with Gasteiger partial charge < -0.3 is 15.2 Å². The van der Waals surface area contributed by atoms with Gasteiger partial charge in [-0.2, -0.15) is 0 Å². The number of nitrogens with one attached hydrogen (secondary N) is 1. The second-order valence-electron chi connectivity index (χ2n) is 4.66. The summed E-state index contributed by atoms with van der Waals surface area (Å²) in [4.78, 5) is 11.5. The maximum absolute atomic E-state index is 13.2. The first kappa shape index (κ1) is 16.3. The lowest BCUT2D eigenvalue weighted by atomic mass is 10.1. The maximum atomic E-state index is 13.2. The molecule has 0 heterocycles. The summed E-state index contributed by atoms with van der Waals surface area (Å²) in [5.74, 6) is -0.548. The van der Waals surface area contributed by atoms with E-state index in [2.05, 4.69) is 5.32 Å². The van der Waals surface area contributed by atoms with Crippen LogP contribution in [0.5, 0.6) is 0 Å². The topological polar surface area (TPSA) is 58.6 Å². The molecule has 2 aromatic carbocycles. The number of halogens is 2. The summed E-state index contributed by atoms with van der Waals surface area (Å²) in [6, 6.07) is 12.9. The van der Waals surface area contributed by atoms with E-state index < -0.39 is 18.0 Å². The molecule has 0 aliphatic heterocycles. The summed E-state index contributed by atoms with van der Waals surface area (Å²) in [6.07, 6.45) is -1.73. The normalized spacial score (nSPS) is 11.8. The number of hydrogen-bond acceptors (Lipinski definition) is 3. The molecule has 1 atom stereocenters. The van der Waals surface area contributed by atoms with Gasteiger partial charge in [-0.1, -0.05) is 41.9 Å². The van der Waals surface area contributed by atoms with E-state index in [1.54, 1.807) is 0 Å². The standard InChI is InChI=1S/C16H15ClFNO3/c17-13-6-12(7-14(18)8-13)15(20)9-19-16(21)22-10-11-4-2-1-3-5-11/h1-8,15,20H,9-10H2,(H,19,21). The molecule has 22 heavy (non-hydrogen) atoms. The van der Waals surface area contributed by atoms with Crippen LogP contribution in [0.4, 0.5) is 9.18 Å². The first-order valence-electron chi connectivity index (χ1n) is 6.63. The summed E-state index contributed by atoms with van der Waals surface area (Å²) in [5.41, 5.74) is 1.14. The predicted molar refractivity (Wildman–Crippen MR) is 81.0 cm³/mol. The summed E-state index contributed by atoms with van der Waals surface area (Å²) in [7, 11) is 0. The van der Waals surface area contributed by atoms with Crippen molar-refractivity contribution in [2.75, 3.05) is 6.54 Å². The smallest absolute Gasteiger partial charge is 0.407 e. The molecular weight excluding hydrogens is 309 g/mol. The molecule has 116 valence electrons. The first-order chi connectivity index (χ1) is 10.5. The third-order valence-corrected chi connectivity index (χ3v) is 3.14. The van der Waals surface area contributed by atoms with Gasteiger partial charge in [0.15, 0.2) is 0 Å². The van der Waals surface area contributed by atoms with Gasteiger partial charge >= 0.3 is 6.09 Å². The van der Waals surface area contributed by atoms with Crippen molar-refractivity contribution in [1.82, 2.24) is 5.32 Å². The number of ether oxygens (including phenoxy) is 1. The third kappa shape index (κ3) is 5.02. The SMILES string of the molecule is O=C(NCC(O)c1cc(F)cc(Cl)c1)OCc1ccccc1. The van der Waals surface area contributed by atoms with Gasteiger partial charge in [0.2, 0.25) is 0 Å². The Labute approximate surface area is 132 Å². The van der Waals surface area contributed by atoms with E-state index in [4.69, 9.17) is 16.3 Å². The number of aliphatic hydroxyl groups is 1. The molecule has 0 aliphatic carbocycles. The lowest BCUT2D eigenvalue weighted by Crippen LogP contribution is -2.28. The number of aliphatic hydroxyl groups excluding tert-OH is 1. The highest BCUT2D eigenvalue weighted by Crippen LogP contribution is 2.19. The van der Waals surface area contributed by atoms with Crippen molar-refractivity contribution in [3.8, 4) is 0 Å². The zero-order chi connectivity index (χ0) is 15.9. The zero-order valence-electron chi connectivity index (χ0n) is 11.6. The molecule has 2 aromatic rings. The van der Waals surface area contributed by atoms with Crippen LogP contribution in [0.3, 0.4) is 0 Å². The quantitative estimate of drug-likeness (QED) is 0.886. The van der Waals surface area contributed by atoms with Gasteiger partial charge in [0, 0.05) is 5.02 Å². The lowest BCUT2D eigenvalue weighted by Gasteiger charge is -2.13. The Morgan fingerprint density at radius 2 is 2.00 bits per heavy atom. The van der Waals surface area contributed by atoms with E-state index in [9.17, 15) is 14.3 Å². The molecule has 0 aromatic heterocycles. The molecule has 1 amide bonds. The molecule has 0 spiro atoms. The highest BCUT2D eigenvalue weighted by atomic mass is 35.5. The van der Waals surface area contributed by atoms with E-state index in [0.29, 0.717) is 0 Å². The number of benzene rings is 2. The molecular formula is C16H15ClFNO3. The van der Waals surface area contributed by atoms with Crippen LogP contribution in [-0.2, 0) is 11.3 Å². The van der Waals surface area contributed by atoms with Crippen LogP contribution in [0.2, 0.25) is 5.02 Å². The maximum Gasteiger partial charge on any atom is 0.407 e. The Bertz CT molecular complexity index is 616. The van der Waals surface area contributed by atoms with Gasteiger partial charge in [0.25, 0.3) is 0 Å². The van der Waals surface area contributed by atoms with Crippen molar-refractivity contribution >= 4 is 17.7 Å². The average molecular weight is 324 g/mol. The van der Waals surface area contributed by atoms with Crippen molar-refractivity contribution in [1.29, 1.82) is 0 Å². The van der Waals surface area contributed by atoms with Crippen molar-refractivity contribution in [2.24, 2.45) is 0 Å². The Hall–Kier alpha value is -2.11. The van der Waals surface area contributed by atoms with Crippen LogP contribution >= 0.6 is 11.6 Å². The van der Waals surface area contributed by atoms with Gasteiger partial charge in [0.1, 0.15) is 12.4 Å². The molecule has 0 saturated carbocycles. The predicted octanol–water partition coefficient (Wildman–Crippen LogP) is 3.44. The fourth-order valence-electron chi connectivity index (χ4n) is 1.84. The van der Waals surface area contributed by atoms with Crippen LogP contribution in [0.25, 0.3) is 0 Å². The van der Waals surface area contributed by atoms with Crippen LogP contribution < -0.4 is 5.32 Å². The summed E-state index contributed by atoms with van der Waals surface area (Å²) in [6.45, 7) is 0.0297. The summed E-state index contributed by atoms with van der Waals surface area (Å²) < 4.78 is 18.2. The molecule has 6 heteroatoms. The fourth-order valence-corrected chi connectivity index (χ4v) is 2.07. The molecule has 2 N–H and O–H groups in total. The Kier molecular flexibility index (Phi) is 5.75. The fraction of sp³-hybridized carbons (Fsp3) is 0.188. The number of hydrogen-bond donors (Lipinski definition) is 2. The largest absolute Gasteiger partial charge is 0.445 e. The van der Waals surface area contributed by atoms with Crippen molar-refractivity contribution < 1.29 is 19.0 Å². The average Bonchev–Trinajstić information content (AvgIpc) is 2.50. The summed E-state index contributed by atoms with van der Waals surface area (Å²) >= 11 is 5.71. The van der Waals surface area contributed by atoms with Crippen LogP contribution in [-0.4, -0.2) is 17.7 Å². The van der Waals surface area contributed by atoms with E-state index in [1.165, 1.54) is 6.07 Å². The Morgan fingerprint density at radius 3 is 2.68 bits per heavy atom. The summed E-state index contributed by atoms with van der Waals surface area (Å²) in [5, 5.41) is 12.5. The number of rotatable bonds is 5. The number of carbonyl (C=O) groups is 1. The number of alkyl carbamates (subject to hydrolysis) is 1. The third-order valence-electron chi connectivity index (χ3n) is 2.92. The van der Waals surface area contributed by atoms with E-state index in [-0.39, 0.29) is 23.7 Å². The van der Waals surface area contributed by atoms with Gasteiger partial charge in [0.05, 0.1) is 12.6 Å². The zero-order valence-corrected chi connectivity index (χ0v) is 12.4. The second-order valence-corrected chi connectivity index (χ2v) is 5.10. The molecule has 1 unspecified atom stereocenters. The van der Waals surface area contributed by atoms with Crippen LogP contribution in [0.15, 0.2) is 48.5 Å². The Morgan fingerprint density at radius 1 is 1.27 bits per heavy atom. The highest BCUT2D eigenvalue weighted by Gasteiger charge is 2.12. The van der Waals surface area contributed by atoms with Crippen LogP contribution in [0.1, 0.15) is 17.2 Å². The minimum Gasteiger partial charge on any atom is -0.445 e. The molecule has 0 aliphatic rings. The van der Waals surface area contributed by atoms with Gasteiger partial charge in [-0.3, -0.25) is 0 Å². The van der Waals surface area contributed by atoms with Crippen molar-refractivity contribution in [3.63, 3.8) is 0 Å². The molecule has 0 fully saturated rings. The first-order valence-corrected chi connectivity index (χ1v) is 7.01. The minimum atomic E-state index is -1.07. The lowest BCUT2D eigenvalue weighted by molar-refractivity contribution is 0.126. The molecule has 4 nitrogen and oxygen atoms in total. The van der Waals surface area contributed by atoms with Crippen molar-refractivity contribution in [3.05, 3.63) is 70.5 Å². The van der Waals surface area contributed by atoms with E-state index in [1.807, 2.05) is 30.3 Å². The van der Waals surface area contributed by atoms with E-state index >= 15 is 0 Å². The molecule has 0 saturated heterocycles. The van der Waals surface area contributed by atoms with E-state index in [0.717, 1.165) is 17.7 Å². The minimum absolute atomic E-state index is 0.104. The number of amides is 1. The monoisotopic (exact) mass is 323 g/mol.